The number of rotatable bonds is 7. The molecule has 0 saturated carbocycles. The van der Waals surface area contributed by atoms with Gasteiger partial charge in [-0.2, -0.15) is 0 Å². The van der Waals surface area contributed by atoms with Gasteiger partial charge in [0, 0.05) is 0 Å². The molecule has 0 fully saturated rings. The van der Waals surface area contributed by atoms with Crippen molar-refractivity contribution in [1.82, 2.24) is 0 Å². The number of esters is 1. The van der Waals surface area contributed by atoms with Crippen molar-refractivity contribution in [1.29, 1.82) is 0 Å². The Labute approximate surface area is 180 Å². The molecule has 0 bridgehead atoms. The summed E-state index contributed by atoms with van der Waals surface area (Å²) in [5, 5.41) is 2.52. The first-order chi connectivity index (χ1) is 14.5. The molecule has 0 aliphatic heterocycles. The first-order valence-electron chi connectivity index (χ1n) is 10.3. The van der Waals surface area contributed by atoms with Crippen LogP contribution < -0.4 is 5.19 Å². The van der Waals surface area contributed by atoms with Crippen LogP contribution in [-0.4, -0.2) is 20.7 Å². The van der Waals surface area contributed by atoms with Crippen LogP contribution in [0.2, 0.25) is 13.1 Å². The summed E-state index contributed by atoms with van der Waals surface area (Å²) in [5.41, 5.74) is 7.01. The molecule has 0 unspecified atom stereocenters. The molecule has 0 aliphatic carbocycles. The van der Waals surface area contributed by atoms with E-state index in [2.05, 4.69) is 91.6 Å². The summed E-state index contributed by atoms with van der Waals surface area (Å²) >= 11 is 0. The first-order valence-corrected chi connectivity index (χ1v) is 13.3. The Morgan fingerprint density at radius 3 is 2.03 bits per heavy atom. The Bertz CT molecular complexity index is 1030. The fraction of sp³-hybridized carbons (Fsp3) is 0.185. The van der Waals surface area contributed by atoms with E-state index in [4.69, 9.17) is 4.74 Å². The fourth-order valence-electron chi connectivity index (χ4n) is 3.54. The van der Waals surface area contributed by atoms with Gasteiger partial charge in [-0.1, -0.05) is 103 Å². The van der Waals surface area contributed by atoms with Gasteiger partial charge in [-0.15, -0.1) is 5.73 Å². The fourth-order valence-corrected chi connectivity index (χ4v) is 6.21. The maximum absolute atomic E-state index is 11.8. The third kappa shape index (κ3) is 5.27. The van der Waals surface area contributed by atoms with Crippen LogP contribution in [0.4, 0.5) is 0 Å². The molecule has 3 heteroatoms. The van der Waals surface area contributed by atoms with Gasteiger partial charge in [0.1, 0.15) is 8.07 Å². The summed E-state index contributed by atoms with van der Waals surface area (Å²) in [6.07, 6.45) is 2.05. The zero-order chi connectivity index (χ0) is 21.4. The van der Waals surface area contributed by atoms with Crippen LogP contribution in [0.5, 0.6) is 0 Å². The Morgan fingerprint density at radius 1 is 0.867 bits per heavy atom. The van der Waals surface area contributed by atoms with Crippen molar-refractivity contribution >= 4 is 24.4 Å². The van der Waals surface area contributed by atoms with Gasteiger partial charge in [-0.25, -0.2) is 0 Å². The summed E-state index contributed by atoms with van der Waals surface area (Å²) < 4.78 is 5.06. The van der Waals surface area contributed by atoms with E-state index in [1.54, 1.807) is 0 Å². The van der Waals surface area contributed by atoms with Gasteiger partial charge in [-0.3, -0.25) is 4.79 Å². The third-order valence-corrected chi connectivity index (χ3v) is 8.68. The van der Waals surface area contributed by atoms with Crippen molar-refractivity contribution in [2.75, 3.05) is 6.61 Å². The standard InChI is InChI=1S/C27H28O2Si/c1-4-29-27(28)17-11-16-26(30(2,3)25-14-9-6-10-15-25)24-20-18-23(19-21-24)22-12-7-5-8-13-22/h5-15,18-21H,4,17H2,1-3H3. The molecule has 0 aromatic heterocycles. The molecule has 3 aromatic rings. The first kappa shape index (κ1) is 21.6. The molecule has 2 nitrogen and oxygen atoms in total. The normalized spacial score (nSPS) is 10.8. The van der Waals surface area contributed by atoms with Crippen molar-refractivity contribution in [2.24, 2.45) is 0 Å². The molecular formula is C27H28O2Si. The highest BCUT2D eigenvalue weighted by Crippen LogP contribution is 2.28. The Kier molecular flexibility index (Phi) is 7.24. The second-order valence-electron chi connectivity index (χ2n) is 7.67. The predicted molar refractivity (Wildman–Crippen MR) is 128 cm³/mol. The maximum atomic E-state index is 11.8. The minimum absolute atomic E-state index is 0.219. The molecule has 0 N–H and O–H groups in total. The molecule has 0 spiro atoms. The summed E-state index contributed by atoms with van der Waals surface area (Å²) in [7, 11) is -2.01. The van der Waals surface area contributed by atoms with Crippen LogP contribution in [0.25, 0.3) is 16.3 Å². The molecule has 0 radical (unpaired) electrons. The average molecular weight is 413 g/mol. The molecule has 3 rings (SSSR count). The van der Waals surface area contributed by atoms with Gasteiger partial charge < -0.3 is 4.74 Å². The average Bonchev–Trinajstić information content (AvgIpc) is 2.78. The van der Waals surface area contributed by atoms with Gasteiger partial charge in [0.05, 0.1) is 13.0 Å². The highest BCUT2D eigenvalue weighted by atomic mass is 28.3. The quantitative estimate of drug-likeness (QED) is 0.270. The molecule has 0 atom stereocenters. The minimum Gasteiger partial charge on any atom is -0.466 e. The lowest BCUT2D eigenvalue weighted by atomic mass is 10.0. The zero-order valence-electron chi connectivity index (χ0n) is 17.9. The highest BCUT2D eigenvalue weighted by molar-refractivity contribution is 7.04. The van der Waals surface area contributed by atoms with Gasteiger partial charge in [-0.05, 0) is 34.9 Å². The van der Waals surface area contributed by atoms with Crippen LogP contribution in [0.3, 0.4) is 0 Å². The summed E-state index contributed by atoms with van der Waals surface area (Å²) in [6, 6.07) is 29.6. The molecule has 0 aliphatic rings. The Hall–Kier alpha value is -3.13. The highest BCUT2D eigenvalue weighted by Gasteiger charge is 2.29. The van der Waals surface area contributed by atoms with Crippen LogP contribution in [-0.2, 0) is 9.53 Å². The number of hydrogen-bond acceptors (Lipinski definition) is 2. The monoisotopic (exact) mass is 412 g/mol. The number of benzene rings is 3. The molecule has 3 aromatic carbocycles. The second kappa shape index (κ2) is 10.1. The zero-order valence-corrected chi connectivity index (χ0v) is 18.9. The van der Waals surface area contributed by atoms with Crippen LogP contribution >= 0.6 is 0 Å². The van der Waals surface area contributed by atoms with Crippen LogP contribution in [0.15, 0.2) is 96.7 Å². The summed E-state index contributed by atoms with van der Waals surface area (Å²) in [4.78, 5) is 11.8. The third-order valence-electron chi connectivity index (χ3n) is 5.22. The molecule has 0 saturated heterocycles. The molecule has 0 heterocycles. The molecule has 152 valence electrons. The van der Waals surface area contributed by atoms with E-state index in [0.717, 1.165) is 5.56 Å². The van der Waals surface area contributed by atoms with Gasteiger partial charge in [0.2, 0.25) is 0 Å². The van der Waals surface area contributed by atoms with E-state index in [1.165, 1.54) is 21.5 Å². The van der Waals surface area contributed by atoms with E-state index >= 15 is 0 Å². The predicted octanol–water partition coefficient (Wildman–Crippen LogP) is 6.00. The molecule has 30 heavy (non-hydrogen) atoms. The number of hydrogen-bond donors (Lipinski definition) is 0. The maximum Gasteiger partial charge on any atom is 0.310 e. The van der Waals surface area contributed by atoms with Crippen LogP contribution in [0, 0.1) is 0 Å². The number of carbonyl (C=O) groups is 1. The Morgan fingerprint density at radius 2 is 1.43 bits per heavy atom. The van der Waals surface area contributed by atoms with Gasteiger partial charge in [0.25, 0.3) is 0 Å². The van der Waals surface area contributed by atoms with Crippen LogP contribution in [0.1, 0.15) is 18.9 Å². The number of ether oxygens (including phenoxy) is 1. The topological polar surface area (TPSA) is 26.3 Å². The lowest BCUT2D eigenvalue weighted by Gasteiger charge is -2.25. The Balaban J connectivity index is 2.01. The van der Waals surface area contributed by atoms with Gasteiger partial charge in [0.15, 0.2) is 0 Å². The minimum atomic E-state index is -2.01. The lowest BCUT2D eigenvalue weighted by molar-refractivity contribution is -0.142. The largest absolute Gasteiger partial charge is 0.466 e. The summed E-state index contributed by atoms with van der Waals surface area (Å²) in [5.74, 6) is -0.219. The second-order valence-corrected chi connectivity index (χ2v) is 12.0. The van der Waals surface area contributed by atoms with E-state index in [-0.39, 0.29) is 12.4 Å². The van der Waals surface area contributed by atoms with Crippen molar-refractivity contribution in [3.63, 3.8) is 0 Å². The van der Waals surface area contributed by atoms with E-state index in [9.17, 15) is 4.79 Å². The van der Waals surface area contributed by atoms with E-state index in [0.29, 0.717) is 6.61 Å². The smallest absolute Gasteiger partial charge is 0.310 e. The lowest BCUT2D eigenvalue weighted by Crippen LogP contribution is -2.42. The van der Waals surface area contributed by atoms with Crippen molar-refractivity contribution < 1.29 is 9.53 Å². The summed E-state index contributed by atoms with van der Waals surface area (Å²) in [6.45, 7) is 6.87. The van der Waals surface area contributed by atoms with Gasteiger partial charge >= 0.3 is 5.97 Å². The van der Waals surface area contributed by atoms with Crippen molar-refractivity contribution in [3.8, 4) is 11.1 Å². The van der Waals surface area contributed by atoms with Crippen molar-refractivity contribution in [2.45, 2.75) is 26.4 Å². The van der Waals surface area contributed by atoms with E-state index in [1.807, 2.05) is 25.1 Å². The molecule has 0 amide bonds. The van der Waals surface area contributed by atoms with Crippen molar-refractivity contribution in [3.05, 3.63) is 102 Å². The molecular weight excluding hydrogens is 384 g/mol. The SMILES string of the molecule is CCOC(=O)CC=C=C(c1ccc(-c2ccccc2)cc1)[Si](C)(C)c1ccccc1. The number of carbonyl (C=O) groups excluding carboxylic acids is 1. The van der Waals surface area contributed by atoms with E-state index < -0.39 is 8.07 Å².